The van der Waals surface area contributed by atoms with Gasteiger partial charge >= 0.3 is 0 Å². The normalized spacial score (nSPS) is 31.5. The van der Waals surface area contributed by atoms with Crippen LogP contribution < -0.4 is 5.73 Å². The molecule has 1 aliphatic rings. The molecule has 0 amide bonds. The molecule has 15 heavy (non-hydrogen) atoms. The second-order valence-electron chi connectivity index (χ2n) is 4.42. The Morgan fingerprint density at radius 3 is 2.80 bits per heavy atom. The molecule has 2 nitrogen and oxygen atoms in total. The molecule has 0 radical (unpaired) electrons. The molecule has 0 saturated heterocycles. The van der Waals surface area contributed by atoms with E-state index in [1.54, 1.807) is 0 Å². The Morgan fingerprint density at radius 2 is 2.07 bits per heavy atom. The van der Waals surface area contributed by atoms with E-state index in [2.05, 4.69) is 24.0 Å². The molecule has 2 N–H and O–H groups in total. The highest BCUT2D eigenvalue weighted by Crippen LogP contribution is 2.35. The van der Waals surface area contributed by atoms with Gasteiger partial charge in [0.2, 0.25) is 0 Å². The van der Waals surface area contributed by atoms with Crippen LogP contribution in [0, 0.1) is 5.92 Å². The Labute approximate surface area is 95.7 Å². The third-order valence-electron chi connectivity index (χ3n) is 3.04. The van der Waals surface area contributed by atoms with E-state index >= 15 is 0 Å². The van der Waals surface area contributed by atoms with Gasteiger partial charge in [0.05, 0.1) is 0 Å². The quantitative estimate of drug-likeness (QED) is 0.836. The number of aromatic nitrogens is 1. The minimum absolute atomic E-state index is 0.361. The molecule has 2 rings (SSSR count). The van der Waals surface area contributed by atoms with Gasteiger partial charge in [-0.1, -0.05) is 6.92 Å². The Kier molecular flexibility index (Phi) is 3.65. The standard InChI is InChI=1S/C12H18N2S/c1-9-2-3-11(13)12(8-9)15-10-4-6-14-7-5-10/h4-7,9,11-12H,2-3,8,13H2,1H3. The molecule has 0 spiro atoms. The molecule has 0 bridgehead atoms. The van der Waals surface area contributed by atoms with Crippen LogP contribution in [0.1, 0.15) is 26.2 Å². The van der Waals surface area contributed by atoms with Crippen LogP contribution in [0.2, 0.25) is 0 Å². The topological polar surface area (TPSA) is 38.9 Å². The lowest BCUT2D eigenvalue weighted by Gasteiger charge is -2.31. The van der Waals surface area contributed by atoms with E-state index in [9.17, 15) is 0 Å². The molecule has 3 heteroatoms. The van der Waals surface area contributed by atoms with Crippen molar-refractivity contribution in [3.8, 4) is 0 Å². The Morgan fingerprint density at radius 1 is 1.33 bits per heavy atom. The van der Waals surface area contributed by atoms with Crippen molar-refractivity contribution in [2.45, 2.75) is 42.4 Å². The van der Waals surface area contributed by atoms with Gasteiger partial charge in [-0.2, -0.15) is 0 Å². The van der Waals surface area contributed by atoms with Gasteiger partial charge < -0.3 is 5.73 Å². The molecule has 0 aromatic carbocycles. The average Bonchev–Trinajstić information content (AvgIpc) is 2.25. The molecule has 0 aliphatic heterocycles. The summed E-state index contributed by atoms with van der Waals surface area (Å²) >= 11 is 1.91. The molecule has 3 unspecified atom stereocenters. The summed E-state index contributed by atoms with van der Waals surface area (Å²) in [4.78, 5) is 5.32. The average molecular weight is 222 g/mol. The summed E-state index contributed by atoms with van der Waals surface area (Å²) in [6.45, 7) is 2.33. The second kappa shape index (κ2) is 4.99. The molecule has 1 aliphatic carbocycles. The van der Waals surface area contributed by atoms with Crippen LogP contribution in [-0.4, -0.2) is 16.3 Å². The van der Waals surface area contributed by atoms with E-state index < -0.39 is 0 Å². The monoisotopic (exact) mass is 222 g/mol. The van der Waals surface area contributed by atoms with Crippen LogP contribution in [0.3, 0.4) is 0 Å². The van der Waals surface area contributed by atoms with E-state index in [-0.39, 0.29) is 0 Å². The highest BCUT2D eigenvalue weighted by Gasteiger charge is 2.26. The van der Waals surface area contributed by atoms with Gasteiger partial charge in [-0.05, 0) is 37.3 Å². The van der Waals surface area contributed by atoms with Crippen LogP contribution in [0.5, 0.6) is 0 Å². The van der Waals surface area contributed by atoms with Crippen LogP contribution in [0.15, 0.2) is 29.4 Å². The fraction of sp³-hybridized carbons (Fsp3) is 0.583. The number of pyridine rings is 1. The number of hydrogen-bond donors (Lipinski definition) is 1. The van der Waals surface area contributed by atoms with Crippen LogP contribution in [0.25, 0.3) is 0 Å². The molecule has 1 aromatic rings. The van der Waals surface area contributed by atoms with Gasteiger partial charge in [0.15, 0.2) is 0 Å². The number of nitrogens with zero attached hydrogens (tertiary/aromatic N) is 1. The van der Waals surface area contributed by atoms with Crippen LogP contribution in [0.4, 0.5) is 0 Å². The van der Waals surface area contributed by atoms with Gasteiger partial charge in [0.25, 0.3) is 0 Å². The number of hydrogen-bond acceptors (Lipinski definition) is 3. The van der Waals surface area contributed by atoms with Crippen molar-refractivity contribution in [1.82, 2.24) is 4.98 Å². The van der Waals surface area contributed by atoms with E-state index in [4.69, 9.17) is 5.73 Å². The molecule has 1 aromatic heterocycles. The molecule has 1 heterocycles. The summed E-state index contributed by atoms with van der Waals surface area (Å²) in [6, 6.07) is 4.49. The Bertz CT molecular complexity index is 302. The maximum Gasteiger partial charge on any atom is 0.0278 e. The lowest BCUT2D eigenvalue weighted by Crippen LogP contribution is -2.37. The second-order valence-corrected chi connectivity index (χ2v) is 5.73. The zero-order chi connectivity index (χ0) is 10.7. The number of rotatable bonds is 2. The van der Waals surface area contributed by atoms with Crippen molar-refractivity contribution in [3.05, 3.63) is 24.5 Å². The van der Waals surface area contributed by atoms with Gasteiger partial charge in [0, 0.05) is 28.6 Å². The van der Waals surface area contributed by atoms with Crippen molar-refractivity contribution < 1.29 is 0 Å². The van der Waals surface area contributed by atoms with Crippen LogP contribution >= 0.6 is 11.8 Å². The smallest absolute Gasteiger partial charge is 0.0278 e. The van der Waals surface area contributed by atoms with Crippen LogP contribution in [-0.2, 0) is 0 Å². The summed E-state index contributed by atoms with van der Waals surface area (Å²) in [5.41, 5.74) is 6.15. The third-order valence-corrected chi connectivity index (χ3v) is 4.43. The van der Waals surface area contributed by atoms with Crippen molar-refractivity contribution in [1.29, 1.82) is 0 Å². The highest BCUT2D eigenvalue weighted by atomic mass is 32.2. The highest BCUT2D eigenvalue weighted by molar-refractivity contribution is 8.00. The molecular formula is C12H18N2S. The fourth-order valence-electron chi connectivity index (χ4n) is 2.08. The molecule has 1 saturated carbocycles. The van der Waals surface area contributed by atoms with Crippen molar-refractivity contribution in [3.63, 3.8) is 0 Å². The first-order chi connectivity index (χ1) is 7.25. The first-order valence-electron chi connectivity index (χ1n) is 5.58. The zero-order valence-corrected chi connectivity index (χ0v) is 9.91. The van der Waals surface area contributed by atoms with E-state index in [1.165, 1.54) is 24.2 Å². The van der Waals surface area contributed by atoms with Crippen molar-refractivity contribution in [2.24, 2.45) is 11.7 Å². The van der Waals surface area contributed by atoms with Gasteiger partial charge in [0.1, 0.15) is 0 Å². The summed E-state index contributed by atoms with van der Waals surface area (Å²) in [7, 11) is 0. The van der Waals surface area contributed by atoms with Gasteiger partial charge in [-0.25, -0.2) is 0 Å². The predicted octanol–water partition coefficient (Wildman–Crippen LogP) is 2.69. The maximum atomic E-state index is 6.15. The third kappa shape index (κ3) is 2.95. The minimum atomic E-state index is 0.361. The van der Waals surface area contributed by atoms with Gasteiger partial charge in [-0.3, -0.25) is 4.98 Å². The Balaban J connectivity index is 1.98. The summed E-state index contributed by atoms with van der Waals surface area (Å²) in [6.07, 6.45) is 7.40. The van der Waals surface area contributed by atoms with E-state index in [1.807, 2.05) is 24.2 Å². The predicted molar refractivity (Wildman–Crippen MR) is 64.9 cm³/mol. The molecule has 82 valence electrons. The first-order valence-corrected chi connectivity index (χ1v) is 6.46. The zero-order valence-electron chi connectivity index (χ0n) is 9.10. The molecule has 3 atom stereocenters. The SMILES string of the molecule is CC1CCC(N)C(Sc2ccncc2)C1. The number of nitrogens with two attached hydrogens (primary N) is 1. The summed E-state index contributed by atoms with van der Waals surface area (Å²) in [5.74, 6) is 0.823. The minimum Gasteiger partial charge on any atom is -0.327 e. The lowest BCUT2D eigenvalue weighted by atomic mass is 9.87. The fourth-order valence-corrected chi connectivity index (χ4v) is 3.44. The number of thioether (sulfide) groups is 1. The largest absolute Gasteiger partial charge is 0.327 e. The summed E-state index contributed by atoms with van der Waals surface area (Å²) < 4.78 is 0. The summed E-state index contributed by atoms with van der Waals surface area (Å²) in [5, 5.41) is 0.580. The van der Waals surface area contributed by atoms with Crippen molar-refractivity contribution in [2.75, 3.05) is 0 Å². The van der Waals surface area contributed by atoms with Gasteiger partial charge in [-0.15, -0.1) is 11.8 Å². The Hall–Kier alpha value is -0.540. The van der Waals surface area contributed by atoms with Crippen molar-refractivity contribution >= 4 is 11.8 Å². The maximum absolute atomic E-state index is 6.15. The molecular weight excluding hydrogens is 204 g/mol. The van der Waals surface area contributed by atoms with E-state index in [0.717, 1.165) is 5.92 Å². The van der Waals surface area contributed by atoms with E-state index in [0.29, 0.717) is 11.3 Å². The molecule has 1 fully saturated rings. The first kappa shape index (κ1) is 11.0. The lowest BCUT2D eigenvalue weighted by molar-refractivity contribution is 0.357.